The number of aryl methyl sites for hydroxylation is 2. The lowest BCUT2D eigenvalue weighted by atomic mass is 10.0. The van der Waals surface area contributed by atoms with Crippen molar-refractivity contribution in [3.8, 4) is 0 Å². The van der Waals surface area contributed by atoms with Gasteiger partial charge >= 0.3 is 0 Å². The lowest BCUT2D eigenvalue weighted by Crippen LogP contribution is -1.93. The molecule has 0 fully saturated rings. The Labute approximate surface area is 134 Å². The fraction of sp³-hybridized carbons (Fsp3) is 0.667. The summed E-state index contributed by atoms with van der Waals surface area (Å²) in [6.45, 7) is 4.47. The third-order valence-electron chi connectivity index (χ3n) is 3.81. The van der Waals surface area contributed by atoms with Crippen LogP contribution in [0.3, 0.4) is 0 Å². The Balaban J connectivity index is 2.52. The molecule has 0 N–H and O–H groups in total. The van der Waals surface area contributed by atoms with Gasteiger partial charge < -0.3 is 0 Å². The molecular weight excluding hydrogens is 287 g/mol. The summed E-state index contributed by atoms with van der Waals surface area (Å²) in [6, 6.07) is 4.18. The highest BCUT2D eigenvalue weighted by molar-refractivity contribution is 6.34. The van der Waals surface area contributed by atoms with Crippen molar-refractivity contribution in [1.82, 2.24) is 0 Å². The van der Waals surface area contributed by atoms with E-state index in [0.29, 0.717) is 0 Å². The third kappa shape index (κ3) is 6.50. The van der Waals surface area contributed by atoms with E-state index < -0.39 is 0 Å². The average Bonchev–Trinajstić information content (AvgIpc) is 2.44. The van der Waals surface area contributed by atoms with Crippen LogP contribution in [0, 0.1) is 0 Å². The lowest BCUT2D eigenvalue weighted by molar-refractivity contribution is 0.663. The number of rotatable bonds is 10. The van der Waals surface area contributed by atoms with Crippen molar-refractivity contribution in [3.63, 3.8) is 0 Å². The summed E-state index contributed by atoms with van der Waals surface area (Å²) in [5.74, 6) is 0. The van der Waals surface area contributed by atoms with Crippen LogP contribution in [-0.4, -0.2) is 0 Å². The molecule has 2 heteroatoms. The molecule has 0 aliphatic heterocycles. The second kappa shape index (κ2) is 10.5. The van der Waals surface area contributed by atoms with Crippen molar-refractivity contribution in [3.05, 3.63) is 33.3 Å². The Morgan fingerprint density at radius 2 is 1.05 bits per heavy atom. The predicted molar refractivity (Wildman–Crippen MR) is 92.2 cm³/mol. The minimum atomic E-state index is 0.899. The van der Waals surface area contributed by atoms with Gasteiger partial charge in [0.1, 0.15) is 0 Å². The molecule has 0 atom stereocenters. The van der Waals surface area contributed by atoms with Crippen molar-refractivity contribution in [1.29, 1.82) is 0 Å². The van der Waals surface area contributed by atoms with Crippen molar-refractivity contribution < 1.29 is 0 Å². The van der Waals surface area contributed by atoms with Crippen LogP contribution in [0.1, 0.15) is 76.3 Å². The van der Waals surface area contributed by atoms with E-state index in [4.69, 9.17) is 23.2 Å². The number of halogens is 2. The minimum Gasteiger partial charge on any atom is -0.0840 e. The molecule has 0 aliphatic rings. The van der Waals surface area contributed by atoms with E-state index >= 15 is 0 Å². The number of unbranched alkanes of at least 4 members (excludes halogenated alkanes) is 6. The SMILES string of the molecule is CCCCCCc1cc(Cl)c(CCCCCC)cc1Cl. The molecular formula is C18H28Cl2. The minimum absolute atomic E-state index is 0.899. The maximum atomic E-state index is 6.40. The van der Waals surface area contributed by atoms with Crippen molar-refractivity contribution in [2.24, 2.45) is 0 Å². The second-order valence-electron chi connectivity index (χ2n) is 5.66. The Kier molecular flexibility index (Phi) is 9.39. The normalized spacial score (nSPS) is 11.0. The molecule has 1 aromatic rings. The standard InChI is InChI=1S/C18H28Cl2/c1-3-5-7-9-11-15-13-18(20)16(14-17(15)19)12-10-8-6-4-2/h13-14H,3-12H2,1-2H3. The summed E-state index contributed by atoms with van der Waals surface area (Å²) in [4.78, 5) is 0. The maximum Gasteiger partial charge on any atom is 0.0441 e. The van der Waals surface area contributed by atoms with Gasteiger partial charge in [0.05, 0.1) is 0 Å². The van der Waals surface area contributed by atoms with Gasteiger partial charge in [-0.3, -0.25) is 0 Å². The van der Waals surface area contributed by atoms with Crippen molar-refractivity contribution in [2.45, 2.75) is 78.1 Å². The summed E-state index contributed by atoms with van der Waals surface area (Å²) in [6.07, 6.45) is 12.2. The van der Waals surface area contributed by atoms with Crippen molar-refractivity contribution >= 4 is 23.2 Å². The largest absolute Gasteiger partial charge is 0.0840 e. The Morgan fingerprint density at radius 1 is 0.650 bits per heavy atom. The first-order valence-electron chi connectivity index (χ1n) is 8.15. The van der Waals surface area contributed by atoms with E-state index in [1.165, 1.54) is 62.5 Å². The summed E-state index contributed by atoms with van der Waals surface area (Å²) >= 11 is 12.8. The first-order valence-corrected chi connectivity index (χ1v) is 8.91. The molecule has 0 saturated carbocycles. The fourth-order valence-electron chi connectivity index (χ4n) is 2.50. The van der Waals surface area contributed by atoms with Gasteiger partial charge in [0, 0.05) is 10.0 Å². The summed E-state index contributed by atoms with van der Waals surface area (Å²) in [5, 5.41) is 1.80. The Morgan fingerprint density at radius 3 is 1.40 bits per heavy atom. The average molecular weight is 315 g/mol. The van der Waals surface area contributed by atoms with Crippen molar-refractivity contribution in [2.75, 3.05) is 0 Å². The topological polar surface area (TPSA) is 0 Å². The van der Waals surface area contributed by atoms with Crippen LogP contribution in [0.2, 0.25) is 10.0 Å². The van der Waals surface area contributed by atoms with E-state index in [2.05, 4.69) is 26.0 Å². The van der Waals surface area contributed by atoms with Gasteiger partial charge in [0.2, 0.25) is 0 Å². The number of hydrogen-bond donors (Lipinski definition) is 0. The molecule has 0 heterocycles. The van der Waals surface area contributed by atoms with Gasteiger partial charge in [-0.2, -0.15) is 0 Å². The zero-order valence-corrected chi connectivity index (χ0v) is 14.5. The zero-order valence-electron chi connectivity index (χ0n) is 13.0. The number of benzene rings is 1. The van der Waals surface area contributed by atoms with Crippen LogP contribution in [-0.2, 0) is 12.8 Å². The van der Waals surface area contributed by atoms with Crippen LogP contribution in [0.15, 0.2) is 12.1 Å². The molecule has 0 spiro atoms. The molecule has 114 valence electrons. The van der Waals surface area contributed by atoms with Crippen LogP contribution in [0.5, 0.6) is 0 Å². The molecule has 20 heavy (non-hydrogen) atoms. The van der Waals surface area contributed by atoms with Gasteiger partial charge in [-0.15, -0.1) is 0 Å². The highest BCUT2D eigenvalue weighted by Gasteiger charge is 2.07. The lowest BCUT2D eigenvalue weighted by Gasteiger charge is -2.10. The molecule has 1 aromatic carbocycles. The molecule has 1 rings (SSSR count). The van der Waals surface area contributed by atoms with Gasteiger partial charge in [0.25, 0.3) is 0 Å². The van der Waals surface area contributed by atoms with E-state index in [-0.39, 0.29) is 0 Å². The number of hydrogen-bond acceptors (Lipinski definition) is 0. The highest BCUT2D eigenvalue weighted by Crippen LogP contribution is 2.28. The summed E-state index contributed by atoms with van der Waals surface area (Å²) < 4.78 is 0. The first-order chi connectivity index (χ1) is 9.69. The van der Waals surface area contributed by atoms with Crippen LogP contribution >= 0.6 is 23.2 Å². The van der Waals surface area contributed by atoms with Crippen LogP contribution < -0.4 is 0 Å². The van der Waals surface area contributed by atoms with E-state index in [1.54, 1.807) is 0 Å². The molecule has 0 unspecified atom stereocenters. The smallest absolute Gasteiger partial charge is 0.0441 e. The van der Waals surface area contributed by atoms with Gasteiger partial charge in [0.15, 0.2) is 0 Å². The second-order valence-corrected chi connectivity index (χ2v) is 6.47. The molecule has 0 bridgehead atoms. The first kappa shape index (κ1) is 17.9. The molecule has 0 nitrogen and oxygen atoms in total. The van der Waals surface area contributed by atoms with Gasteiger partial charge in [-0.05, 0) is 48.9 Å². The third-order valence-corrected chi connectivity index (χ3v) is 4.52. The van der Waals surface area contributed by atoms with E-state index in [0.717, 1.165) is 22.9 Å². The maximum absolute atomic E-state index is 6.40. The van der Waals surface area contributed by atoms with E-state index in [9.17, 15) is 0 Å². The van der Waals surface area contributed by atoms with E-state index in [1.807, 2.05) is 0 Å². The van der Waals surface area contributed by atoms with Crippen LogP contribution in [0.25, 0.3) is 0 Å². The monoisotopic (exact) mass is 314 g/mol. The zero-order chi connectivity index (χ0) is 14.8. The predicted octanol–water partition coefficient (Wildman–Crippen LogP) is 7.24. The quantitative estimate of drug-likeness (QED) is 0.399. The fourth-order valence-corrected chi connectivity index (χ4v) is 3.06. The highest BCUT2D eigenvalue weighted by atomic mass is 35.5. The molecule has 0 aromatic heterocycles. The molecule has 0 aliphatic carbocycles. The molecule has 0 amide bonds. The Bertz CT molecular complexity index is 347. The molecule has 0 saturated heterocycles. The van der Waals surface area contributed by atoms with Crippen LogP contribution in [0.4, 0.5) is 0 Å². The summed E-state index contributed by atoms with van der Waals surface area (Å²) in [5.41, 5.74) is 2.43. The summed E-state index contributed by atoms with van der Waals surface area (Å²) in [7, 11) is 0. The molecule has 0 radical (unpaired) electrons. The van der Waals surface area contributed by atoms with Gasteiger partial charge in [-0.25, -0.2) is 0 Å². The van der Waals surface area contributed by atoms with Gasteiger partial charge in [-0.1, -0.05) is 75.6 Å². The Hall–Kier alpha value is -0.200.